The van der Waals surface area contributed by atoms with Gasteiger partial charge >= 0.3 is 5.97 Å². The van der Waals surface area contributed by atoms with E-state index in [0.717, 1.165) is 40.0 Å². The van der Waals surface area contributed by atoms with Gasteiger partial charge in [-0.3, -0.25) is 43.5 Å². The molecule has 0 bridgehead atoms. The minimum Gasteiger partial charge on any atom is -0.493 e. The Labute approximate surface area is 450 Å². The van der Waals surface area contributed by atoms with E-state index in [0.29, 0.717) is 62.4 Å². The summed E-state index contributed by atoms with van der Waals surface area (Å²) in [6.45, 7) is 5.10. The van der Waals surface area contributed by atoms with Gasteiger partial charge in [0.05, 0.1) is 36.5 Å². The number of methoxy groups -OCH3 is 1. The molecule has 0 unspecified atom stereocenters. The van der Waals surface area contributed by atoms with Gasteiger partial charge in [-0.15, -0.1) is 5.06 Å². The molecule has 0 saturated carbocycles. The molecule has 0 spiro atoms. The van der Waals surface area contributed by atoms with E-state index in [1.807, 2.05) is 78.6 Å². The average Bonchev–Trinajstić information content (AvgIpc) is 4.10. The number of carbonyl (C=O) groups is 8. The van der Waals surface area contributed by atoms with Gasteiger partial charge in [0.2, 0.25) is 11.8 Å². The predicted molar refractivity (Wildman–Crippen MR) is 289 cm³/mol. The van der Waals surface area contributed by atoms with Crippen molar-refractivity contribution in [2.24, 2.45) is 10.9 Å². The van der Waals surface area contributed by atoms with Gasteiger partial charge in [-0.05, 0) is 115 Å². The number of amides is 6. The average molecular weight is 1060 g/mol. The quantitative estimate of drug-likeness (QED) is 0.0590. The predicted octanol–water partition coefficient (Wildman–Crippen LogP) is 8.25. The van der Waals surface area contributed by atoms with Gasteiger partial charge in [0.1, 0.15) is 19.0 Å². The number of fused-ring (bicyclic) bond motifs is 8. The molecule has 5 aromatic rings. The Morgan fingerprint density at radius 3 is 2.04 bits per heavy atom. The first kappa shape index (κ1) is 52.5. The fourth-order valence-corrected chi connectivity index (χ4v) is 10.5. The number of carbonyl (C=O) groups excluding carboxylic acids is 8. The van der Waals surface area contributed by atoms with Crippen LogP contribution in [0.5, 0.6) is 17.2 Å². The number of aryl methyl sites for hydroxylation is 1. The molecular formula is C60H58N6O12. The molecule has 5 aliphatic heterocycles. The van der Waals surface area contributed by atoms with Crippen molar-refractivity contribution in [3.05, 3.63) is 142 Å². The minimum absolute atomic E-state index is 0.00677. The van der Waals surface area contributed by atoms with Crippen LogP contribution in [-0.4, -0.2) is 83.7 Å². The molecule has 4 atom stereocenters. The van der Waals surface area contributed by atoms with E-state index in [2.05, 4.69) is 22.8 Å². The van der Waals surface area contributed by atoms with E-state index in [-0.39, 0.29) is 87.8 Å². The number of hydroxylamine groups is 2. The lowest BCUT2D eigenvalue weighted by Crippen LogP contribution is -2.39. The number of para-hydroxylation sites is 2. The molecule has 18 heteroatoms. The SMILES string of the molecule is COc1cc2c(cc1OCc1cc(COc3cc4c(cc3C)C(=O)N3c5ccccc5C[C@H]3C=C4)cc(NC(=O)[C@H](C)CC(=O)[C@H](C)NC(=O)CCCCC(=O)ON3C(=O)CCC3=O)c1)N=C[C@@H]1Cc3ccccc3N1C2=O. The Morgan fingerprint density at radius 2 is 1.35 bits per heavy atom. The van der Waals surface area contributed by atoms with Crippen LogP contribution in [0.25, 0.3) is 6.08 Å². The molecule has 1 fully saturated rings. The maximum Gasteiger partial charge on any atom is 0.333 e. The number of Topliss-reactive ketones (excluding diaryl/α,β-unsaturated/α-hetero) is 1. The van der Waals surface area contributed by atoms with Gasteiger partial charge < -0.3 is 34.6 Å². The van der Waals surface area contributed by atoms with Crippen LogP contribution in [0.1, 0.15) is 113 Å². The number of ether oxygens (including phenoxy) is 3. The number of benzene rings is 5. The zero-order valence-electron chi connectivity index (χ0n) is 43.7. The van der Waals surface area contributed by atoms with Crippen molar-refractivity contribution in [2.75, 3.05) is 22.2 Å². The van der Waals surface area contributed by atoms with E-state index >= 15 is 0 Å². The van der Waals surface area contributed by atoms with Gasteiger partial charge in [-0.1, -0.05) is 55.5 Å². The summed E-state index contributed by atoms with van der Waals surface area (Å²) in [6, 6.07) is 27.0. The highest BCUT2D eigenvalue weighted by Gasteiger charge is 2.38. The lowest BCUT2D eigenvalue weighted by molar-refractivity contribution is -0.197. The van der Waals surface area contributed by atoms with E-state index in [9.17, 15) is 38.4 Å². The Balaban J connectivity index is 0.819. The van der Waals surface area contributed by atoms with Crippen molar-refractivity contribution in [3.8, 4) is 17.2 Å². The second-order valence-corrected chi connectivity index (χ2v) is 20.2. The molecule has 400 valence electrons. The van der Waals surface area contributed by atoms with Crippen molar-refractivity contribution < 1.29 is 57.4 Å². The molecule has 2 N–H and O–H groups in total. The van der Waals surface area contributed by atoms with Gasteiger partial charge in [0.25, 0.3) is 23.6 Å². The summed E-state index contributed by atoms with van der Waals surface area (Å²) >= 11 is 0. The van der Waals surface area contributed by atoms with E-state index in [1.54, 1.807) is 42.3 Å². The van der Waals surface area contributed by atoms with Crippen LogP contribution in [0.2, 0.25) is 0 Å². The smallest absolute Gasteiger partial charge is 0.333 e. The third-order valence-corrected chi connectivity index (χ3v) is 14.6. The molecule has 0 radical (unpaired) electrons. The minimum atomic E-state index is -0.907. The lowest BCUT2D eigenvalue weighted by Gasteiger charge is -2.22. The van der Waals surface area contributed by atoms with Gasteiger partial charge in [0.15, 0.2) is 17.3 Å². The Kier molecular flexibility index (Phi) is 15.0. The first-order valence-electron chi connectivity index (χ1n) is 26.1. The number of hydrogen-bond acceptors (Lipinski definition) is 13. The molecule has 5 heterocycles. The van der Waals surface area contributed by atoms with Crippen LogP contribution < -0.4 is 34.6 Å². The van der Waals surface area contributed by atoms with Crippen LogP contribution in [0.15, 0.2) is 102 Å². The van der Waals surface area contributed by atoms with Crippen molar-refractivity contribution in [1.29, 1.82) is 0 Å². The molecule has 1 saturated heterocycles. The molecule has 5 aliphatic rings. The molecule has 18 nitrogen and oxygen atoms in total. The molecule has 10 rings (SSSR count). The molecule has 78 heavy (non-hydrogen) atoms. The number of ketones is 1. The Bertz CT molecular complexity index is 3350. The van der Waals surface area contributed by atoms with E-state index in [4.69, 9.17) is 24.0 Å². The topological polar surface area (TPSA) is 220 Å². The van der Waals surface area contributed by atoms with Crippen LogP contribution in [0.3, 0.4) is 0 Å². The standard InChI is InChI=1S/C60H58N6O12/c1-34-21-45-39(17-18-43-26-40-11-5-7-13-48(40)64(43)59(45)73)28-51(34)76-32-37-23-38(33-77-53-30-47-46(29-52(53)75-4)60(74)65-44(31-61-47)27-41-12-6-8-14-49(41)65)25-42(24-37)63-58(72)35(2)22-50(67)36(3)62-54(68)15-9-10-16-57(71)78-66-55(69)19-20-56(66)70/h5-8,11-14,17-18,21,23-25,28-31,35-36,43-44H,9-10,15-16,19-20,22,26-27,32-33H2,1-4H3,(H,62,68)(H,63,72)/t35-,36+,43-,44+/m1/s1. The van der Waals surface area contributed by atoms with Crippen LogP contribution in [-0.2, 0) is 59.7 Å². The number of aliphatic imine (C=N–C) groups is 1. The first-order valence-corrected chi connectivity index (χ1v) is 26.1. The summed E-state index contributed by atoms with van der Waals surface area (Å²) in [4.78, 5) is 117. The summed E-state index contributed by atoms with van der Waals surface area (Å²) in [6.07, 6.45) is 7.40. The molecule has 0 aromatic heterocycles. The van der Waals surface area contributed by atoms with Crippen LogP contribution in [0, 0.1) is 12.8 Å². The summed E-state index contributed by atoms with van der Waals surface area (Å²) in [7, 11) is 1.50. The monoisotopic (exact) mass is 1050 g/mol. The molecule has 0 aliphatic carbocycles. The number of anilines is 3. The van der Waals surface area contributed by atoms with E-state index in [1.165, 1.54) is 14.0 Å². The van der Waals surface area contributed by atoms with Crippen molar-refractivity contribution >= 4 is 82.2 Å². The number of rotatable bonds is 19. The zero-order valence-corrected chi connectivity index (χ0v) is 43.7. The van der Waals surface area contributed by atoms with Crippen molar-refractivity contribution in [1.82, 2.24) is 10.4 Å². The van der Waals surface area contributed by atoms with Gasteiger partial charge in [-0.2, -0.15) is 0 Å². The van der Waals surface area contributed by atoms with Crippen LogP contribution >= 0.6 is 0 Å². The number of unbranched alkanes of at least 4 members (excludes halogenated alkanes) is 1. The van der Waals surface area contributed by atoms with Gasteiger partial charge in [0, 0.05) is 79.3 Å². The number of imide groups is 1. The first-order chi connectivity index (χ1) is 37.6. The molecule has 5 aromatic carbocycles. The number of nitrogens with one attached hydrogen (secondary N) is 2. The molecule has 6 amide bonds. The van der Waals surface area contributed by atoms with Crippen molar-refractivity contribution in [3.63, 3.8) is 0 Å². The zero-order chi connectivity index (χ0) is 54.8. The van der Waals surface area contributed by atoms with Crippen molar-refractivity contribution in [2.45, 2.75) is 110 Å². The molecular weight excluding hydrogens is 997 g/mol. The number of hydrogen-bond donors (Lipinski definition) is 2. The fourth-order valence-electron chi connectivity index (χ4n) is 10.5. The third kappa shape index (κ3) is 11.0. The van der Waals surface area contributed by atoms with Crippen LogP contribution in [0.4, 0.5) is 22.7 Å². The second kappa shape index (κ2) is 22.3. The maximum absolute atomic E-state index is 14.1. The largest absolute Gasteiger partial charge is 0.493 e. The highest BCUT2D eigenvalue weighted by Crippen LogP contribution is 2.42. The second-order valence-electron chi connectivity index (χ2n) is 20.2. The maximum atomic E-state index is 14.1. The highest BCUT2D eigenvalue weighted by atomic mass is 16.7. The number of nitrogens with zero attached hydrogens (tertiary/aromatic N) is 4. The fraction of sp³-hybridized carbons (Fsp3) is 0.317. The third-order valence-electron chi connectivity index (χ3n) is 14.6. The summed E-state index contributed by atoms with van der Waals surface area (Å²) in [5.41, 5.74) is 8.53. The van der Waals surface area contributed by atoms with Gasteiger partial charge in [-0.25, -0.2) is 4.79 Å². The summed E-state index contributed by atoms with van der Waals surface area (Å²) in [5.74, 6) is -3.01. The Morgan fingerprint density at radius 1 is 0.718 bits per heavy atom. The lowest BCUT2D eigenvalue weighted by atomic mass is 9.99. The summed E-state index contributed by atoms with van der Waals surface area (Å²) < 4.78 is 18.7. The normalized spacial score (nSPS) is 17.4. The summed E-state index contributed by atoms with van der Waals surface area (Å²) in [5, 5.41) is 6.11. The highest BCUT2D eigenvalue weighted by molar-refractivity contribution is 6.15. The Hall–Kier alpha value is -8.93. The van der Waals surface area contributed by atoms with E-state index < -0.39 is 41.6 Å².